The average Bonchev–Trinajstić information content (AvgIpc) is 2.51. The molecule has 16 heavy (non-hydrogen) atoms. The molecule has 3 aliphatic heterocycles. The maximum absolute atomic E-state index is 2.56. The van der Waals surface area contributed by atoms with Crippen molar-refractivity contribution in [3.63, 3.8) is 0 Å². The van der Waals surface area contributed by atoms with Crippen LogP contribution in [0.15, 0.2) is 23.3 Å². The van der Waals surface area contributed by atoms with Gasteiger partial charge in [-0.25, -0.2) is 0 Å². The van der Waals surface area contributed by atoms with Crippen molar-refractivity contribution >= 4 is 0 Å². The van der Waals surface area contributed by atoms with Crippen LogP contribution in [0.2, 0.25) is 0 Å². The van der Waals surface area contributed by atoms with Gasteiger partial charge in [0, 0.05) is 24.5 Å². The van der Waals surface area contributed by atoms with Crippen LogP contribution in [0.4, 0.5) is 0 Å². The molecular formula is C14H22N2. The molecule has 0 aromatic carbocycles. The van der Waals surface area contributed by atoms with Gasteiger partial charge in [0.1, 0.15) is 0 Å². The van der Waals surface area contributed by atoms with E-state index in [-0.39, 0.29) is 11.1 Å². The third-order valence-electron chi connectivity index (χ3n) is 5.23. The average molecular weight is 218 g/mol. The molecule has 1 saturated heterocycles. The zero-order valence-corrected chi connectivity index (χ0v) is 11.0. The molecule has 1 fully saturated rings. The van der Waals surface area contributed by atoms with Crippen LogP contribution < -0.4 is 0 Å². The minimum absolute atomic E-state index is 0.185. The van der Waals surface area contributed by atoms with Gasteiger partial charge in [-0.1, -0.05) is 17.7 Å². The van der Waals surface area contributed by atoms with Crippen molar-refractivity contribution in [3.8, 4) is 0 Å². The molecule has 0 aromatic heterocycles. The van der Waals surface area contributed by atoms with Crippen molar-refractivity contribution < 1.29 is 0 Å². The Labute approximate surface area is 98.6 Å². The smallest absolute Gasteiger partial charge is 0.0588 e. The van der Waals surface area contributed by atoms with Crippen LogP contribution in [0.3, 0.4) is 0 Å². The number of likely N-dealkylation sites (N-methyl/N-ethyl adjacent to an activating group) is 2. The summed E-state index contributed by atoms with van der Waals surface area (Å²) in [4.78, 5) is 5.02. The van der Waals surface area contributed by atoms with Gasteiger partial charge in [-0.15, -0.1) is 0 Å². The SMILES string of the molecule is CC1=C2C(CN(C)C1)C1(C)C=CC2(C)N1C. The van der Waals surface area contributed by atoms with Crippen LogP contribution in [0, 0.1) is 5.92 Å². The van der Waals surface area contributed by atoms with E-state index in [9.17, 15) is 0 Å². The predicted octanol–water partition coefficient (Wildman–Crippen LogP) is 1.90. The Balaban J connectivity index is 2.20. The van der Waals surface area contributed by atoms with Gasteiger partial charge in [0.2, 0.25) is 0 Å². The van der Waals surface area contributed by atoms with E-state index in [1.165, 1.54) is 6.54 Å². The molecule has 0 radical (unpaired) electrons. The fourth-order valence-corrected chi connectivity index (χ4v) is 4.19. The van der Waals surface area contributed by atoms with Crippen LogP contribution in [-0.4, -0.2) is 48.1 Å². The fraction of sp³-hybridized carbons (Fsp3) is 0.714. The molecule has 0 aromatic rings. The minimum Gasteiger partial charge on any atom is -0.302 e. The van der Waals surface area contributed by atoms with E-state index in [1.807, 2.05) is 0 Å². The van der Waals surface area contributed by atoms with Gasteiger partial charge in [0.25, 0.3) is 0 Å². The highest BCUT2D eigenvalue weighted by atomic mass is 15.3. The van der Waals surface area contributed by atoms with Crippen LogP contribution >= 0.6 is 0 Å². The molecule has 3 rings (SSSR count). The molecule has 0 saturated carbocycles. The van der Waals surface area contributed by atoms with Gasteiger partial charge in [-0.3, -0.25) is 4.90 Å². The van der Waals surface area contributed by atoms with Crippen molar-refractivity contribution in [3.05, 3.63) is 23.3 Å². The number of fused-ring (bicyclic) bond motifs is 5. The lowest BCUT2D eigenvalue weighted by Crippen LogP contribution is -2.45. The van der Waals surface area contributed by atoms with Crippen molar-refractivity contribution in [2.45, 2.75) is 31.8 Å². The summed E-state index contributed by atoms with van der Waals surface area (Å²) in [6.45, 7) is 9.42. The Morgan fingerprint density at radius 1 is 1.25 bits per heavy atom. The zero-order valence-electron chi connectivity index (χ0n) is 11.0. The predicted molar refractivity (Wildman–Crippen MR) is 67.4 cm³/mol. The molecule has 0 N–H and O–H groups in total. The number of hydrogen-bond donors (Lipinski definition) is 0. The quantitative estimate of drug-likeness (QED) is 0.573. The Hall–Kier alpha value is -0.600. The molecule has 2 bridgehead atoms. The van der Waals surface area contributed by atoms with Crippen molar-refractivity contribution in [1.82, 2.24) is 9.80 Å². The van der Waals surface area contributed by atoms with E-state index in [4.69, 9.17) is 0 Å². The van der Waals surface area contributed by atoms with Gasteiger partial charge in [-0.05, 0) is 40.4 Å². The standard InChI is InChI=1S/C14H22N2/c1-10-8-15(4)9-11-12(10)14(3)7-6-13(11,2)16(14)5/h6-7,11H,8-9H2,1-5H3. The van der Waals surface area contributed by atoms with Gasteiger partial charge in [0.15, 0.2) is 0 Å². The summed E-state index contributed by atoms with van der Waals surface area (Å²) in [7, 11) is 4.51. The number of rotatable bonds is 0. The van der Waals surface area contributed by atoms with Gasteiger partial charge in [-0.2, -0.15) is 0 Å². The number of hydrogen-bond acceptors (Lipinski definition) is 2. The molecule has 3 atom stereocenters. The van der Waals surface area contributed by atoms with E-state index >= 15 is 0 Å². The fourth-order valence-electron chi connectivity index (χ4n) is 4.19. The Kier molecular flexibility index (Phi) is 1.84. The second-order valence-corrected chi connectivity index (χ2v) is 6.21. The molecule has 0 spiro atoms. The summed E-state index contributed by atoms with van der Waals surface area (Å²) in [6.07, 6.45) is 4.83. The summed E-state index contributed by atoms with van der Waals surface area (Å²) in [5, 5.41) is 0. The third-order valence-corrected chi connectivity index (χ3v) is 5.23. The molecule has 2 heteroatoms. The summed E-state index contributed by atoms with van der Waals surface area (Å²) in [6, 6.07) is 0. The highest BCUT2D eigenvalue weighted by Crippen LogP contribution is 2.56. The summed E-state index contributed by atoms with van der Waals surface area (Å²) < 4.78 is 0. The first kappa shape index (κ1) is 10.5. The van der Waals surface area contributed by atoms with Crippen LogP contribution in [-0.2, 0) is 0 Å². The highest BCUT2D eigenvalue weighted by molar-refractivity contribution is 5.50. The maximum Gasteiger partial charge on any atom is 0.0588 e. The van der Waals surface area contributed by atoms with Crippen LogP contribution in [0.5, 0.6) is 0 Å². The lowest BCUT2D eigenvalue weighted by molar-refractivity contribution is 0.150. The normalized spacial score (nSPS) is 47.9. The van der Waals surface area contributed by atoms with E-state index in [0.29, 0.717) is 5.92 Å². The Morgan fingerprint density at radius 3 is 2.62 bits per heavy atom. The number of nitrogens with zero attached hydrogens (tertiary/aromatic N) is 2. The zero-order chi connectivity index (χ0) is 11.7. The first-order valence-electron chi connectivity index (χ1n) is 6.22. The van der Waals surface area contributed by atoms with Gasteiger partial charge in [0.05, 0.1) is 5.54 Å². The monoisotopic (exact) mass is 218 g/mol. The minimum atomic E-state index is 0.185. The molecule has 3 heterocycles. The third kappa shape index (κ3) is 0.957. The van der Waals surface area contributed by atoms with E-state index in [0.717, 1.165) is 6.54 Å². The molecule has 88 valence electrons. The Morgan fingerprint density at radius 2 is 1.94 bits per heavy atom. The lowest BCUT2D eigenvalue weighted by atomic mass is 9.72. The summed E-state index contributed by atoms with van der Waals surface area (Å²) >= 11 is 0. The second kappa shape index (κ2) is 2.80. The van der Waals surface area contributed by atoms with Gasteiger partial charge >= 0.3 is 0 Å². The van der Waals surface area contributed by atoms with Crippen molar-refractivity contribution in [2.24, 2.45) is 5.92 Å². The molecule has 2 nitrogen and oxygen atoms in total. The molecule has 3 aliphatic rings. The first-order chi connectivity index (χ1) is 7.39. The second-order valence-electron chi connectivity index (χ2n) is 6.21. The first-order valence-corrected chi connectivity index (χ1v) is 6.22. The molecule has 0 aliphatic carbocycles. The highest BCUT2D eigenvalue weighted by Gasteiger charge is 2.60. The van der Waals surface area contributed by atoms with Crippen LogP contribution in [0.25, 0.3) is 0 Å². The topological polar surface area (TPSA) is 6.48 Å². The van der Waals surface area contributed by atoms with Crippen molar-refractivity contribution in [1.29, 1.82) is 0 Å². The lowest BCUT2D eigenvalue weighted by Gasteiger charge is -2.39. The van der Waals surface area contributed by atoms with Gasteiger partial charge < -0.3 is 4.90 Å². The van der Waals surface area contributed by atoms with Crippen molar-refractivity contribution in [2.75, 3.05) is 27.2 Å². The Bertz CT molecular complexity index is 409. The van der Waals surface area contributed by atoms with Crippen LogP contribution in [0.1, 0.15) is 20.8 Å². The maximum atomic E-state index is 2.56. The largest absolute Gasteiger partial charge is 0.302 e. The van der Waals surface area contributed by atoms with E-state index in [1.54, 1.807) is 11.1 Å². The molecular weight excluding hydrogens is 196 g/mol. The summed E-state index contributed by atoms with van der Waals surface area (Å²) in [5.41, 5.74) is 3.70. The molecule has 3 unspecified atom stereocenters. The van der Waals surface area contributed by atoms with E-state index < -0.39 is 0 Å². The summed E-state index contributed by atoms with van der Waals surface area (Å²) in [5.74, 6) is 0.686. The molecule has 0 amide bonds. The van der Waals surface area contributed by atoms with E-state index in [2.05, 4.69) is 56.8 Å².